The maximum absolute atomic E-state index is 12.6. The predicted molar refractivity (Wildman–Crippen MR) is 99.9 cm³/mol. The van der Waals surface area contributed by atoms with Crippen LogP contribution in [0.2, 0.25) is 5.02 Å². The van der Waals surface area contributed by atoms with E-state index in [-0.39, 0.29) is 4.90 Å². The van der Waals surface area contributed by atoms with E-state index in [2.05, 4.69) is 23.7 Å². The largest absolute Gasteiger partial charge is 0.277 e. The summed E-state index contributed by atoms with van der Waals surface area (Å²) in [5.41, 5.74) is 2.03. The number of benzene rings is 2. The number of nitrogens with one attached hydrogen (secondary N) is 1. The average molecular weight is 376 g/mol. The molecule has 7 heteroatoms. The second-order valence-electron chi connectivity index (χ2n) is 5.95. The van der Waals surface area contributed by atoms with Gasteiger partial charge >= 0.3 is 0 Å². The Hall–Kier alpha value is -2.31. The summed E-state index contributed by atoms with van der Waals surface area (Å²) < 4.78 is 29.5. The highest BCUT2D eigenvalue weighted by Crippen LogP contribution is 2.27. The highest BCUT2D eigenvalue weighted by atomic mass is 35.5. The molecule has 0 radical (unpaired) electrons. The lowest BCUT2D eigenvalue weighted by Crippen LogP contribution is -2.14. The van der Waals surface area contributed by atoms with E-state index in [9.17, 15) is 8.42 Å². The molecule has 130 valence electrons. The molecule has 0 amide bonds. The zero-order valence-electron chi connectivity index (χ0n) is 13.8. The second-order valence-corrected chi connectivity index (χ2v) is 8.07. The van der Waals surface area contributed by atoms with Crippen molar-refractivity contribution in [1.29, 1.82) is 0 Å². The first kappa shape index (κ1) is 17.5. The van der Waals surface area contributed by atoms with Crippen LogP contribution in [0, 0.1) is 0 Å². The van der Waals surface area contributed by atoms with Crippen LogP contribution in [0.25, 0.3) is 5.69 Å². The Balaban J connectivity index is 2.02. The number of hydrogen-bond acceptors (Lipinski definition) is 3. The van der Waals surface area contributed by atoms with E-state index in [1.165, 1.54) is 0 Å². The zero-order valence-corrected chi connectivity index (χ0v) is 15.4. The van der Waals surface area contributed by atoms with Crippen molar-refractivity contribution in [3.05, 3.63) is 71.5 Å². The first-order valence-electron chi connectivity index (χ1n) is 7.79. The van der Waals surface area contributed by atoms with Crippen LogP contribution in [-0.2, 0) is 10.0 Å². The molecule has 5 nitrogen and oxygen atoms in total. The van der Waals surface area contributed by atoms with Crippen LogP contribution in [0.15, 0.2) is 65.8 Å². The van der Waals surface area contributed by atoms with Gasteiger partial charge in [0.2, 0.25) is 0 Å². The average Bonchev–Trinajstić information content (AvgIpc) is 3.07. The van der Waals surface area contributed by atoms with Crippen LogP contribution in [0.3, 0.4) is 0 Å². The minimum atomic E-state index is -3.70. The number of hydrogen-bond donors (Lipinski definition) is 1. The van der Waals surface area contributed by atoms with E-state index in [0.29, 0.717) is 22.3 Å². The molecule has 3 aromatic rings. The maximum atomic E-state index is 12.6. The van der Waals surface area contributed by atoms with Crippen LogP contribution < -0.4 is 4.72 Å². The van der Waals surface area contributed by atoms with Gasteiger partial charge in [-0.3, -0.25) is 4.72 Å². The Bertz CT molecular complexity index is 983. The molecule has 0 unspecified atom stereocenters. The lowest BCUT2D eigenvalue weighted by molar-refractivity contribution is 0.601. The fourth-order valence-corrected chi connectivity index (χ4v) is 3.61. The topological polar surface area (TPSA) is 64.0 Å². The molecule has 3 rings (SSSR count). The van der Waals surface area contributed by atoms with E-state index in [4.69, 9.17) is 11.6 Å². The van der Waals surface area contributed by atoms with Gasteiger partial charge in [0.25, 0.3) is 10.0 Å². The molecule has 0 spiro atoms. The van der Waals surface area contributed by atoms with Crippen molar-refractivity contribution in [2.75, 3.05) is 4.72 Å². The van der Waals surface area contributed by atoms with Gasteiger partial charge in [-0.05, 0) is 41.8 Å². The van der Waals surface area contributed by atoms with E-state index in [0.717, 1.165) is 5.56 Å². The van der Waals surface area contributed by atoms with Crippen LogP contribution in [-0.4, -0.2) is 18.2 Å². The number of halogens is 1. The summed E-state index contributed by atoms with van der Waals surface area (Å²) in [4.78, 5) is 0.194. The van der Waals surface area contributed by atoms with Crippen LogP contribution in [0.4, 0.5) is 5.69 Å². The maximum Gasteiger partial charge on any atom is 0.261 e. The molecule has 0 aliphatic carbocycles. The Kier molecular flexibility index (Phi) is 4.83. The van der Waals surface area contributed by atoms with E-state index < -0.39 is 10.0 Å². The number of nitrogens with zero attached hydrogens (tertiary/aromatic N) is 2. The molecular formula is C18H18ClN3O2S. The van der Waals surface area contributed by atoms with E-state index in [1.54, 1.807) is 59.4 Å². The zero-order chi connectivity index (χ0) is 18.0. The van der Waals surface area contributed by atoms with Gasteiger partial charge in [0.15, 0.2) is 0 Å². The van der Waals surface area contributed by atoms with Crippen molar-refractivity contribution in [3.63, 3.8) is 0 Å². The monoisotopic (exact) mass is 375 g/mol. The Morgan fingerprint density at radius 1 is 1.12 bits per heavy atom. The number of rotatable bonds is 5. The Labute approximate surface area is 152 Å². The molecule has 0 saturated heterocycles. The predicted octanol–water partition coefficient (Wildman–Crippen LogP) is 4.45. The minimum absolute atomic E-state index is 0.194. The van der Waals surface area contributed by atoms with Crippen molar-refractivity contribution < 1.29 is 8.42 Å². The Morgan fingerprint density at radius 2 is 1.84 bits per heavy atom. The van der Waals surface area contributed by atoms with Gasteiger partial charge in [-0.1, -0.05) is 43.6 Å². The van der Waals surface area contributed by atoms with Crippen molar-refractivity contribution >= 4 is 27.3 Å². The molecule has 2 aromatic carbocycles. The van der Waals surface area contributed by atoms with Gasteiger partial charge < -0.3 is 0 Å². The summed E-state index contributed by atoms with van der Waals surface area (Å²) in [7, 11) is -3.70. The molecule has 1 aromatic heterocycles. The van der Waals surface area contributed by atoms with Crippen molar-refractivity contribution in [1.82, 2.24) is 9.78 Å². The van der Waals surface area contributed by atoms with Crippen molar-refractivity contribution in [2.24, 2.45) is 0 Å². The third-order valence-electron chi connectivity index (χ3n) is 3.77. The van der Waals surface area contributed by atoms with Gasteiger partial charge in [0.1, 0.15) is 0 Å². The quantitative estimate of drug-likeness (QED) is 0.716. The minimum Gasteiger partial charge on any atom is -0.277 e. The first-order chi connectivity index (χ1) is 11.9. The van der Waals surface area contributed by atoms with Gasteiger partial charge in [-0.25, -0.2) is 13.1 Å². The van der Waals surface area contributed by atoms with Crippen LogP contribution in [0.1, 0.15) is 25.3 Å². The molecule has 0 bridgehead atoms. The van der Waals surface area contributed by atoms with Gasteiger partial charge in [-0.2, -0.15) is 5.10 Å². The first-order valence-corrected chi connectivity index (χ1v) is 9.65. The summed E-state index contributed by atoms with van der Waals surface area (Å²) in [6.07, 6.45) is 3.64. The number of sulfonamides is 1. The molecule has 0 aliphatic rings. The standard InChI is InChI=1S/C18H18ClN3O2S/c1-13(2)14-11-20-22(12-14)18-10-15(19)8-9-17(18)21-25(23,24)16-6-4-3-5-7-16/h3-13,21H,1-2H3. The lowest BCUT2D eigenvalue weighted by Gasteiger charge is -2.13. The van der Waals surface area contributed by atoms with Crippen LogP contribution in [0.5, 0.6) is 0 Å². The number of aromatic nitrogens is 2. The highest BCUT2D eigenvalue weighted by Gasteiger charge is 2.17. The fraction of sp³-hybridized carbons (Fsp3) is 0.167. The number of anilines is 1. The fourth-order valence-electron chi connectivity index (χ4n) is 2.35. The molecule has 1 heterocycles. The molecule has 1 N–H and O–H groups in total. The lowest BCUT2D eigenvalue weighted by atomic mass is 10.1. The molecule has 0 aliphatic heterocycles. The SMILES string of the molecule is CC(C)c1cnn(-c2cc(Cl)ccc2NS(=O)(=O)c2ccccc2)c1. The van der Waals surface area contributed by atoms with Gasteiger partial charge in [0, 0.05) is 11.2 Å². The molecule has 0 saturated carbocycles. The van der Waals surface area contributed by atoms with Crippen LogP contribution >= 0.6 is 11.6 Å². The molecule has 0 fully saturated rings. The smallest absolute Gasteiger partial charge is 0.261 e. The highest BCUT2D eigenvalue weighted by molar-refractivity contribution is 7.92. The normalized spacial score (nSPS) is 11.7. The molecular weight excluding hydrogens is 358 g/mol. The molecule has 25 heavy (non-hydrogen) atoms. The third-order valence-corrected chi connectivity index (χ3v) is 5.39. The van der Waals surface area contributed by atoms with E-state index in [1.807, 2.05) is 6.20 Å². The van der Waals surface area contributed by atoms with Crippen molar-refractivity contribution in [3.8, 4) is 5.69 Å². The third kappa shape index (κ3) is 3.86. The van der Waals surface area contributed by atoms with Gasteiger partial charge in [-0.15, -0.1) is 0 Å². The summed E-state index contributed by atoms with van der Waals surface area (Å²) in [5, 5.41) is 4.83. The summed E-state index contributed by atoms with van der Waals surface area (Å²) in [5.74, 6) is 0.317. The molecule has 0 atom stereocenters. The summed E-state index contributed by atoms with van der Waals surface area (Å²) in [6, 6.07) is 13.2. The summed E-state index contributed by atoms with van der Waals surface area (Å²) in [6.45, 7) is 4.14. The van der Waals surface area contributed by atoms with Gasteiger partial charge in [0.05, 0.1) is 22.5 Å². The Morgan fingerprint density at radius 3 is 2.48 bits per heavy atom. The van der Waals surface area contributed by atoms with E-state index >= 15 is 0 Å². The summed E-state index contributed by atoms with van der Waals surface area (Å²) >= 11 is 6.11. The van der Waals surface area contributed by atoms with Crippen molar-refractivity contribution in [2.45, 2.75) is 24.7 Å². The second kappa shape index (κ2) is 6.90.